The van der Waals surface area contributed by atoms with E-state index in [0.717, 1.165) is 37.1 Å². The molecule has 122 valence electrons. The smallest absolute Gasteiger partial charge is 0.371 e. The summed E-state index contributed by atoms with van der Waals surface area (Å²) < 4.78 is 18.9. The standard InChI is InChI=1S/C15H33BrO3Si/c1-7-13(4)17-20(12-10-11-16,18-14(5)8-2)19-15(6)9-3/h13-15H,7-12H2,1-6H3. The fourth-order valence-corrected chi connectivity index (χ4v) is 5.98. The Bertz CT molecular complexity index is 210. The molecule has 0 aliphatic heterocycles. The van der Waals surface area contributed by atoms with Gasteiger partial charge in [-0.05, 0) is 46.5 Å². The van der Waals surface area contributed by atoms with Crippen LogP contribution >= 0.6 is 15.9 Å². The zero-order chi connectivity index (χ0) is 15.6. The van der Waals surface area contributed by atoms with Gasteiger partial charge in [-0.25, -0.2) is 0 Å². The first-order chi connectivity index (χ1) is 9.42. The third-order valence-electron chi connectivity index (χ3n) is 3.48. The number of alkyl halides is 1. The predicted molar refractivity (Wildman–Crippen MR) is 91.5 cm³/mol. The lowest BCUT2D eigenvalue weighted by molar-refractivity contribution is -0.0108. The zero-order valence-electron chi connectivity index (χ0n) is 14.1. The van der Waals surface area contributed by atoms with E-state index in [9.17, 15) is 0 Å². The predicted octanol–water partition coefficient (Wildman–Crippen LogP) is 5.16. The Morgan fingerprint density at radius 1 is 0.800 bits per heavy atom. The minimum atomic E-state index is -2.60. The van der Waals surface area contributed by atoms with Crippen LogP contribution in [0.3, 0.4) is 0 Å². The number of hydrogen-bond donors (Lipinski definition) is 0. The van der Waals surface area contributed by atoms with E-state index in [0.29, 0.717) is 0 Å². The number of hydrogen-bond acceptors (Lipinski definition) is 3. The molecule has 0 aliphatic carbocycles. The van der Waals surface area contributed by atoms with Gasteiger partial charge in [0, 0.05) is 29.7 Å². The average molecular weight is 369 g/mol. The van der Waals surface area contributed by atoms with Crippen LogP contribution in [0.5, 0.6) is 0 Å². The lowest BCUT2D eigenvalue weighted by Gasteiger charge is -2.36. The summed E-state index contributed by atoms with van der Waals surface area (Å²) in [6.45, 7) is 12.7. The van der Waals surface area contributed by atoms with Crippen molar-refractivity contribution in [1.29, 1.82) is 0 Å². The molecule has 0 spiro atoms. The quantitative estimate of drug-likeness (QED) is 0.351. The van der Waals surface area contributed by atoms with Crippen LogP contribution in [0.25, 0.3) is 0 Å². The summed E-state index contributed by atoms with van der Waals surface area (Å²) in [6.07, 6.45) is 4.53. The molecule has 0 aromatic rings. The normalized spacial score (nSPS) is 19.4. The highest BCUT2D eigenvalue weighted by Crippen LogP contribution is 2.26. The van der Waals surface area contributed by atoms with Crippen LogP contribution in [-0.2, 0) is 13.3 Å². The van der Waals surface area contributed by atoms with Crippen molar-refractivity contribution in [2.75, 3.05) is 5.33 Å². The highest BCUT2D eigenvalue weighted by molar-refractivity contribution is 9.09. The molecule has 0 N–H and O–H groups in total. The Hall–Kier alpha value is 0.577. The summed E-state index contributed by atoms with van der Waals surface area (Å²) in [6, 6.07) is 0.886. The van der Waals surface area contributed by atoms with E-state index < -0.39 is 8.80 Å². The van der Waals surface area contributed by atoms with Gasteiger partial charge >= 0.3 is 8.80 Å². The summed E-state index contributed by atoms with van der Waals surface area (Å²) in [5.41, 5.74) is 0. The van der Waals surface area contributed by atoms with Gasteiger partial charge < -0.3 is 13.3 Å². The van der Waals surface area contributed by atoms with E-state index in [4.69, 9.17) is 13.3 Å². The highest BCUT2D eigenvalue weighted by atomic mass is 79.9. The van der Waals surface area contributed by atoms with E-state index in [1.807, 2.05) is 0 Å². The molecule has 3 nitrogen and oxygen atoms in total. The molecule has 0 fully saturated rings. The Morgan fingerprint density at radius 3 is 1.40 bits per heavy atom. The van der Waals surface area contributed by atoms with E-state index in [1.165, 1.54) is 0 Å². The summed E-state index contributed by atoms with van der Waals surface area (Å²) in [4.78, 5) is 0. The topological polar surface area (TPSA) is 27.7 Å². The van der Waals surface area contributed by atoms with Crippen molar-refractivity contribution in [1.82, 2.24) is 0 Å². The van der Waals surface area contributed by atoms with Gasteiger partial charge in [0.1, 0.15) is 0 Å². The number of halogens is 1. The maximum atomic E-state index is 6.31. The maximum absolute atomic E-state index is 6.31. The Balaban J connectivity index is 5.03. The lowest BCUT2D eigenvalue weighted by Crippen LogP contribution is -2.51. The lowest BCUT2D eigenvalue weighted by atomic mass is 10.3. The van der Waals surface area contributed by atoms with Crippen molar-refractivity contribution >= 4 is 24.7 Å². The first-order valence-corrected chi connectivity index (χ1v) is 11.1. The van der Waals surface area contributed by atoms with Gasteiger partial charge in [-0.2, -0.15) is 0 Å². The van der Waals surface area contributed by atoms with Gasteiger partial charge in [0.2, 0.25) is 0 Å². The Kier molecular flexibility index (Phi) is 11.5. The van der Waals surface area contributed by atoms with E-state index in [1.54, 1.807) is 0 Å². The molecule has 0 aromatic carbocycles. The van der Waals surface area contributed by atoms with Crippen LogP contribution in [0, 0.1) is 0 Å². The second-order valence-electron chi connectivity index (χ2n) is 5.49. The Labute approximate surface area is 135 Å². The van der Waals surface area contributed by atoms with Crippen molar-refractivity contribution in [3.05, 3.63) is 0 Å². The SMILES string of the molecule is CCC(C)O[Si](CCCBr)(OC(C)CC)OC(C)CC. The van der Waals surface area contributed by atoms with Crippen molar-refractivity contribution in [2.24, 2.45) is 0 Å². The molecule has 5 heteroatoms. The van der Waals surface area contributed by atoms with Crippen LogP contribution in [-0.4, -0.2) is 32.4 Å². The molecule has 3 atom stereocenters. The zero-order valence-corrected chi connectivity index (χ0v) is 16.7. The molecule has 20 heavy (non-hydrogen) atoms. The molecule has 0 bridgehead atoms. The van der Waals surface area contributed by atoms with Crippen LogP contribution in [0.4, 0.5) is 0 Å². The van der Waals surface area contributed by atoms with Crippen LogP contribution in [0.2, 0.25) is 6.04 Å². The van der Waals surface area contributed by atoms with Crippen molar-refractivity contribution in [3.8, 4) is 0 Å². The fraction of sp³-hybridized carbons (Fsp3) is 1.00. The second kappa shape index (κ2) is 11.2. The van der Waals surface area contributed by atoms with Crippen LogP contribution < -0.4 is 0 Å². The van der Waals surface area contributed by atoms with Crippen molar-refractivity contribution in [3.63, 3.8) is 0 Å². The summed E-state index contributed by atoms with van der Waals surface area (Å²) in [5, 5.41) is 0.958. The molecule has 0 radical (unpaired) electrons. The molecule has 0 saturated heterocycles. The first-order valence-electron chi connectivity index (χ1n) is 8.02. The van der Waals surface area contributed by atoms with Crippen LogP contribution in [0.1, 0.15) is 67.2 Å². The maximum Gasteiger partial charge on any atom is 0.501 e. The van der Waals surface area contributed by atoms with Gasteiger partial charge in [-0.15, -0.1) is 0 Å². The number of rotatable bonds is 12. The average Bonchev–Trinajstić information content (AvgIpc) is 2.44. The van der Waals surface area contributed by atoms with Gasteiger partial charge in [0.05, 0.1) is 0 Å². The first kappa shape index (κ1) is 20.6. The molecule has 0 rings (SSSR count). The molecule has 0 saturated carbocycles. The minimum Gasteiger partial charge on any atom is -0.371 e. The molecule has 0 heterocycles. The van der Waals surface area contributed by atoms with E-state index >= 15 is 0 Å². The summed E-state index contributed by atoms with van der Waals surface area (Å²) >= 11 is 3.51. The summed E-state index contributed by atoms with van der Waals surface area (Å²) in [5.74, 6) is 0. The molecular formula is C15H33BrO3Si. The molecule has 3 unspecified atom stereocenters. The van der Waals surface area contributed by atoms with E-state index in [2.05, 4.69) is 57.5 Å². The second-order valence-corrected chi connectivity index (χ2v) is 8.85. The highest BCUT2D eigenvalue weighted by Gasteiger charge is 2.44. The van der Waals surface area contributed by atoms with Crippen molar-refractivity contribution < 1.29 is 13.3 Å². The Morgan fingerprint density at radius 2 is 1.15 bits per heavy atom. The summed E-state index contributed by atoms with van der Waals surface area (Å²) in [7, 11) is -2.60. The van der Waals surface area contributed by atoms with Gasteiger partial charge in [0.25, 0.3) is 0 Å². The van der Waals surface area contributed by atoms with Crippen LogP contribution in [0.15, 0.2) is 0 Å². The molecular weight excluding hydrogens is 336 g/mol. The molecule has 0 aliphatic rings. The molecule has 0 amide bonds. The van der Waals surface area contributed by atoms with Gasteiger partial charge in [-0.1, -0.05) is 36.7 Å². The minimum absolute atomic E-state index is 0.185. The fourth-order valence-electron chi connectivity index (χ4n) is 1.71. The largest absolute Gasteiger partial charge is 0.501 e. The third-order valence-corrected chi connectivity index (χ3v) is 7.29. The van der Waals surface area contributed by atoms with Crippen molar-refractivity contribution in [2.45, 2.75) is 91.6 Å². The van der Waals surface area contributed by atoms with E-state index in [-0.39, 0.29) is 18.3 Å². The van der Waals surface area contributed by atoms with Gasteiger partial charge in [0.15, 0.2) is 0 Å². The molecule has 0 aromatic heterocycles. The third kappa shape index (κ3) is 8.13. The monoisotopic (exact) mass is 368 g/mol. The van der Waals surface area contributed by atoms with Gasteiger partial charge in [-0.3, -0.25) is 0 Å².